The van der Waals surface area contributed by atoms with E-state index in [1.807, 2.05) is 0 Å². The normalized spacial score (nSPS) is 11.3. The van der Waals surface area contributed by atoms with Gasteiger partial charge < -0.3 is 9.80 Å². The van der Waals surface area contributed by atoms with Gasteiger partial charge in [0.25, 0.3) is 0 Å². The highest BCUT2D eigenvalue weighted by Gasteiger charge is 2.19. The maximum absolute atomic E-state index is 5.38. The van der Waals surface area contributed by atoms with E-state index in [9.17, 15) is 0 Å². The zero-order valence-electron chi connectivity index (χ0n) is 30.0. The van der Waals surface area contributed by atoms with Crippen molar-refractivity contribution in [2.24, 2.45) is 0 Å². The van der Waals surface area contributed by atoms with Gasteiger partial charge in [0.2, 0.25) is 0 Å². The first-order chi connectivity index (χ1) is 27.3. The van der Waals surface area contributed by atoms with Crippen LogP contribution in [0.5, 0.6) is 0 Å². The van der Waals surface area contributed by atoms with E-state index < -0.39 is 0 Å². The molecule has 0 atom stereocenters. The summed E-state index contributed by atoms with van der Waals surface area (Å²) in [5, 5.41) is 5.82. The third-order valence-electron chi connectivity index (χ3n) is 10.2. The number of benzene rings is 9. The molecule has 0 aliphatic carbocycles. The van der Waals surface area contributed by atoms with E-state index in [0.29, 0.717) is 0 Å². The minimum atomic E-state index is 1.01. The SMILES string of the molecule is c1ccc(-c2cccc(N(c3ccccc3)c3ccc(-c4nc5c6ccc(N(c7ccccc7)c7ccccc7)cc6c6ccccc6c5s4)cc3)c2)cc1. The number of hydrogen-bond donors (Lipinski definition) is 0. The van der Waals surface area contributed by atoms with Gasteiger partial charge >= 0.3 is 0 Å². The summed E-state index contributed by atoms with van der Waals surface area (Å²) in [6.45, 7) is 0. The fraction of sp³-hybridized carbons (Fsp3) is 0. The highest BCUT2D eigenvalue weighted by atomic mass is 32.1. The first-order valence-electron chi connectivity index (χ1n) is 18.5. The predicted octanol–water partition coefficient (Wildman–Crippen LogP) is 14.9. The summed E-state index contributed by atoms with van der Waals surface area (Å²) < 4.78 is 1.21. The maximum atomic E-state index is 5.38. The van der Waals surface area contributed by atoms with E-state index in [1.165, 1.54) is 32.0 Å². The molecule has 55 heavy (non-hydrogen) atoms. The lowest BCUT2D eigenvalue weighted by atomic mass is 9.99. The number of rotatable bonds is 8. The highest BCUT2D eigenvalue weighted by molar-refractivity contribution is 7.22. The van der Waals surface area contributed by atoms with Gasteiger partial charge in [-0.3, -0.25) is 0 Å². The lowest BCUT2D eigenvalue weighted by Crippen LogP contribution is -2.09. The molecule has 0 aliphatic rings. The number of para-hydroxylation sites is 3. The van der Waals surface area contributed by atoms with Gasteiger partial charge in [0, 0.05) is 50.5 Å². The van der Waals surface area contributed by atoms with Gasteiger partial charge in [-0.2, -0.15) is 0 Å². The van der Waals surface area contributed by atoms with Gasteiger partial charge in [-0.15, -0.1) is 11.3 Å². The third-order valence-corrected chi connectivity index (χ3v) is 11.4. The van der Waals surface area contributed by atoms with Gasteiger partial charge in [-0.05, 0) is 107 Å². The van der Waals surface area contributed by atoms with E-state index in [2.05, 4.69) is 222 Å². The van der Waals surface area contributed by atoms with Crippen molar-refractivity contribution in [1.29, 1.82) is 0 Å². The van der Waals surface area contributed by atoms with Gasteiger partial charge in [0.1, 0.15) is 5.01 Å². The van der Waals surface area contributed by atoms with Gasteiger partial charge in [0.05, 0.1) is 10.2 Å². The fourth-order valence-electron chi connectivity index (χ4n) is 7.66. The summed E-state index contributed by atoms with van der Waals surface area (Å²) in [4.78, 5) is 10.0. The van der Waals surface area contributed by atoms with Crippen LogP contribution in [0, 0.1) is 0 Å². The standard InChI is InChI=1S/C51H35N3S/c1-5-16-36(17-6-1)38-18-15-25-43(34-38)54(41-23-11-4-12-24-41)42-30-28-37(29-31-42)51-52-49-46-33-32-44(35-48(46)45-26-13-14-27-47(45)50(49)55-51)53(39-19-7-2-8-20-39)40-21-9-3-10-22-40/h1-35H. The number of thiazole rings is 1. The Balaban J connectivity index is 1.07. The van der Waals surface area contributed by atoms with Crippen molar-refractivity contribution in [3.63, 3.8) is 0 Å². The maximum Gasteiger partial charge on any atom is 0.124 e. The van der Waals surface area contributed by atoms with Crippen LogP contribution >= 0.6 is 11.3 Å². The minimum Gasteiger partial charge on any atom is -0.310 e. The second kappa shape index (κ2) is 14.1. The van der Waals surface area contributed by atoms with Crippen LogP contribution in [0.25, 0.3) is 53.5 Å². The number of fused-ring (bicyclic) bond motifs is 6. The van der Waals surface area contributed by atoms with Crippen molar-refractivity contribution in [2.75, 3.05) is 9.80 Å². The Hall–Kier alpha value is -7.01. The molecule has 3 nitrogen and oxygen atoms in total. The van der Waals surface area contributed by atoms with Crippen LogP contribution in [0.3, 0.4) is 0 Å². The Kier molecular flexibility index (Phi) is 8.36. The molecule has 260 valence electrons. The summed E-state index contributed by atoms with van der Waals surface area (Å²) in [5.74, 6) is 0. The fourth-order valence-corrected chi connectivity index (χ4v) is 8.78. The zero-order chi connectivity index (χ0) is 36.6. The molecule has 0 fully saturated rings. The van der Waals surface area contributed by atoms with Crippen molar-refractivity contribution in [2.45, 2.75) is 0 Å². The smallest absolute Gasteiger partial charge is 0.124 e. The molecule has 0 unspecified atom stereocenters. The summed E-state index contributed by atoms with van der Waals surface area (Å²) in [6, 6.07) is 75.5. The molecule has 0 bridgehead atoms. The van der Waals surface area contributed by atoms with E-state index in [1.54, 1.807) is 11.3 Å². The molecule has 1 heterocycles. The van der Waals surface area contributed by atoms with E-state index >= 15 is 0 Å². The first kappa shape index (κ1) is 32.6. The topological polar surface area (TPSA) is 19.4 Å². The molecule has 0 radical (unpaired) electrons. The van der Waals surface area contributed by atoms with Gasteiger partial charge in [-0.1, -0.05) is 127 Å². The molecule has 0 saturated heterocycles. The Bertz CT molecular complexity index is 2870. The average Bonchev–Trinajstić information content (AvgIpc) is 3.72. The summed E-state index contributed by atoms with van der Waals surface area (Å²) in [5.41, 5.74) is 11.2. The van der Waals surface area contributed by atoms with Gasteiger partial charge in [-0.25, -0.2) is 4.98 Å². The molecule has 0 amide bonds. The molecular formula is C51H35N3S. The zero-order valence-corrected chi connectivity index (χ0v) is 30.8. The number of anilines is 6. The van der Waals surface area contributed by atoms with Crippen LogP contribution in [0.4, 0.5) is 34.1 Å². The molecule has 9 aromatic carbocycles. The highest BCUT2D eigenvalue weighted by Crippen LogP contribution is 2.44. The molecule has 0 spiro atoms. The molecule has 10 aromatic rings. The van der Waals surface area contributed by atoms with E-state index in [-0.39, 0.29) is 0 Å². The van der Waals surface area contributed by atoms with E-state index in [0.717, 1.165) is 55.6 Å². The van der Waals surface area contributed by atoms with Crippen LogP contribution in [-0.4, -0.2) is 4.98 Å². The third kappa shape index (κ3) is 6.09. The van der Waals surface area contributed by atoms with Crippen molar-refractivity contribution < 1.29 is 0 Å². The molecule has 1 aromatic heterocycles. The van der Waals surface area contributed by atoms with Crippen LogP contribution < -0.4 is 9.80 Å². The number of hydrogen-bond acceptors (Lipinski definition) is 4. The molecule has 0 aliphatic heterocycles. The number of aromatic nitrogens is 1. The van der Waals surface area contributed by atoms with Crippen molar-refractivity contribution in [3.05, 3.63) is 212 Å². The summed E-state index contributed by atoms with van der Waals surface area (Å²) >= 11 is 1.77. The molecule has 0 saturated carbocycles. The average molecular weight is 722 g/mol. The van der Waals surface area contributed by atoms with E-state index in [4.69, 9.17) is 4.98 Å². The quantitative estimate of drug-likeness (QED) is 0.146. The van der Waals surface area contributed by atoms with Gasteiger partial charge in [0.15, 0.2) is 0 Å². The monoisotopic (exact) mass is 721 g/mol. The largest absolute Gasteiger partial charge is 0.310 e. The molecular weight excluding hydrogens is 687 g/mol. The predicted molar refractivity (Wildman–Crippen MR) is 235 cm³/mol. The van der Waals surface area contributed by atoms with Crippen molar-refractivity contribution in [3.8, 4) is 21.7 Å². The van der Waals surface area contributed by atoms with Crippen LogP contribution in [0.15, 0.2) is 212 Å². The lowest BCUT2D eigenvalue weighted by Gasteiger charge is -2.26. The Morgan fingerprint density at radius 2 is 0.782 bits per heavy atom. The summed E-state index contributed by atoms with van der Waals surface area (Å²) in [6.07, 6.45) is 0. The first-order valence-corrected chi connectivity index (χ1v) is 19.4. The molecule has 4 heteroatoms. The number of nitrogens with zero attached hydrogens (tertiary/aromatic N) is 3. The second-order valence-electron chi connectivity index (χ2n) is 13.6. The minimum absolute atomic E-state index is 1.01. The van der Waals surface area contributed by atoms with Crippen molar-refractivity contribution >= 4 is 77.2 Å². The van der Waals surface area contributed by atoms with Crippen LogP contribution in [-0.2, 0) is 0 Å². The molecule has 10 rings (SSSR count). The Morgan fingerprint density at radius 1 is 0.309 bits per heavy atom. The van der Waals surface area contributed by atoms with Crippen LogP contribution in [0.1, 0.15) is 0 Å². The molecule has 0 N–H and O–H groups in total. The van der Waals surface area contributed by atoms with Crippen molar-refractivity contribution in [1.82, 2.24) is 4.98 Å². The lowest BCUT2D eigenvalue weighted by molar-refractivity contribution is 1.28. The second-order valence-corrected chi connectivity index (χ2v) is 14.6. The summed E-state index contributed by atoms with van der Waals surface area (Å²) in [7, 11) is 0. The Morgan fingerprint density at radius 3 is 1.40 bits per heavy atom. The Labute approximate surface area is 324 Å². The van der Waals surface area contributed by atoms with Crippen LogP contribution in [0.2, 0.25) is 0 Å².